The summed E-state index contributed by atoms with van der Waals surface area (Å²) in [6.45, 7) is 2.17. The van der Waals surface area contributed by atoms with E-state index in [0.29, 0.717) is 0 Å². The number of hydrogen-bond donors (Lipinski definition) is 0. The lowest BCUT2D eigenvalue weighted by Crippen LogP contribution is -2.02. The van der Waals surface area contributed by atoms with Crippen molar-refractivity contribution in [2.45, 2.75) is 32.6 Å². The lowest BCUT2D eigenvalue weighted by molar-refractivity contribution is 0.729. The summed E-state index contributed by atoms with van der Waals surface area (Å²) in [6, 6.07) is -2.48. The summed E-state index contributed by atoms with van der Waals surface area (Å²) < 4.78 is 0. The Morgan fingerprint density at radius 3 is 2.27 bits per heavy atom. The van der Waals surface area contributed by atoms with Gasteiger partial charge in [-0.2, -0.15) is 0 Å². The summed E-state index contributed by atoms with van der Waals surface area (Å²) in [6.07, 6.45) is 6.70. The molecular weight excluding hydrogens is 219 g/mol. The topological polar surface area (TPSA) is 0 Å². The fourth-order valence-corrected chi connectivity index (χ4v) is 1.96. The predicted molar refractivity (Wildman–Crippen MR) is 56.6 cm³/mol. The van der Waals surface area contributed by atoms with Gasteiger partial charge in [0.05, 0.1) is 0 Å². The number of halogens is 3. The SMILES string of the molecule is CCCCC/C=C/[Si](Cl)(Cl)Cl. The summed E-state index contributed by atoms with van der Waals surface area (Å²) in [5, 5.41) is 0. The van der Waals surface area contributed by atoms with Crippen LogP contribution < -0.4 is 0 Å². The van der Waals surface area contributed by atoms with Crippen molar-refractivity contribution in [1.82, 2.24) is 0 Å². The smallest absolute Gasteiger partial charge is 0.121 e. The Balaban J connectivity index is 3.30. The molecule has 0 aliphatic rings. The van der Waals surface area contributed by atoms with Gasteiger partial charge in [-0.3, -0.25) is 0 Å². The molecular formula is C7H13Cl3Si. The minimum Gasteiger partial charge on any atom is -0.121 e. The first-order valence-corrected chi connectivity index (χ1v) is 8.92. The van der Waals surface area contributed by atoms with E-state index in [2.05, 4.69) is 6.92 Å². The van der Waals surface area contributed by atoms with E-state index in [1.165, 1.54) is 19.3 Å². The van der Waals surface area contributed by atoms with Crippen molar-refractivity contribution in [3.05, 3.63) is 11.8 Å². The van der Waals surface area contributed by atoms with E-state index >= 15 is 0 Å². The second-order valence-electron chi connectivity index (χ2n) is 2.44. The van der Waals surface area contributed by atoms with Crippen molar-refractivity contribution in [1.29, 1.82) is 0 Å². The quantitative estimate of drug-likeness (QED) is 0.376. The fourth-order valence-electron chi connectivity index (χ4n) is 0.729. The van der Waals surface area contributed by atoms with Crippen LogP contribution in [0.15, 0.2) is 11.8 Å². The molecule has 0 aromatic carbocycles. The number of unbranched alkanes of at least 4 members (excludes halogenated alkanes) is 3. The van der Waals surface area contributed by atoms with E-state index in [-0.39, 0.29) is 0 Å². The third kappa shape index (κ3) is 10.8. The van der Waals surface area contributed by atoms with Gasteiger partial charge in [0.2, 0.25) is 0 Å². The van der Waals surface area contributed by atoms with Crippen LogP contribution in [0.5, 0.6) is 0 Å². The van der Waals surface area contributed by atoms with E-state index in [1.54, 1.807) is 5.70 Å². The van der Waals surface area contributed by atoms with Gasteiger partial charge in [0.15, 0.2) is 0 Å². The molecule has 0 heterocycles. The van der Waals surface area contributed by atoms with E-state index in [1.807, 2.05) is 6.08 Å². The van der Waals surface area contributed by atoms with Crippen molar-refractivity contribution in [3.63, 3.8) is 0 Å². The van der Waals surface area contributed by atoms with Crippen LogP contribution in [0, 0.1) is 0 Å². The molecule has 0 unspecified atom stereocenters. The highest BCUT2D eigenvalue weighted by molar-refractivity contribution is 7.66. The Labute approximate surface area is 83.6 Å². The third-order valence-electron chi connectivity index (χ3n) is 1.28. The monoisotopic (exact) mass is 230 g/mol. The Morgan fingerprint density at radius 2 is 1.82 bits per heavy atom. The molecule has 0 radical (unpaired) electrons. The zero-order chi connectivity index (χ0) is 8.74. The van der Waals surface area contributed by atoms with E-state index in [0.717, 1.165) is 6.42 Å². The molecule has 66 valence electrons. The summed E-state index contributed by atoms with van der Waals surface area (Å²) in [4.78, 5) is 0. The second kappa shape index (κ2) is 6.35. The predicted octanol–water partition coefficient (Wildman–Crippen LogP) is 4.32. The van der Waals surface area contributed by atoms with E-state index in [4.69, 9.17) is 33.2 Å². The van der Waals surface area contributed by atoms with Crippen LogP contribution in [0.2, 0.25) is 0 Å². The average Bonchev–Trinajstić information content (AvgIpc) is 1.85. The van der Waals surface area contributed by atoms with Crippen LogP contribution in [-0.2, 0) is 0 Å². The molecule has 0 atom stereocenters. The molecule has 0 N–H and O–H groups in total. The highest BCUT2D eigenvalue weighted by Crippen LogP contribution is 2.21. The molecule has 11 heavy (non-hydrogen) atoms. The number of hydrogen-bond acceptors (Lipinski definition) is 0. The summed E-state index contributed by atoms with van der Waals surface area (Å²) in [7, 11) is 0. The Bertz CT molecular complexity index is 117. The third-order valence-corrected chi connectivity index (χ3v) is 3.03. The molecule has 0 aromatic heterocycles. The first-order valence-electron chi connectivity index (χ1n) is 3.80. The molecule has 0 nitrogen and oxygen atoms in total. The van der Waals surface area contributed by atoms with Crippen LogP contribution in [0.3, 0.4) is 0 Å². The van der Waals surface area contributed by atoms with E-state index in [9.17, 15) is 0 Å². The lowest BCUT2D eigenvalue weighted by Gasteiger charge is -1.98. The summed E-state index contributed by atoms with van der Waals surface area (Å²) in [5.41, 5.74) is 1.74. The van der Waals surface area contributed by atoms with Gasteiger partial charge >= 0.3 is 6.00 Å². The average molecular weight is 232 g/mol. The largest absolute Gasteiger partial charge is 0.365 e. The molecule has 0 spiro atoms. The molecule has 0 fully saturated rings. The molecule has 0 aliphatic heterocycles. The molecule has 4 heteroatoms. The standard InChI is InChI=1S/C7H13Cl3Si/c1-2-3-4-5-6-7-11(8,9)10/h6-7H,2-5H2,1H3/b7-6+. The Kier molecular flexibility index (Phi) is 6.83. The van der Waals surface area contributed by atoms with Gasteiger partial charge < -0.3 is 0 Å². The van der Waals surface area contributed by atoms with Crippen LogP contribution in [0.4, 0.5) is 0 Å². The fraction of sp³-hybridized carbons (Fsp3) is 0.714. The normalized spacial score (nSPS) is 12.7. The molecule has 0 saturated heterocycles. The van der Waals surface area contributed by atoms with Crippen molar-refractivity contribution >= 4 is 39.2 Å². The van der Waals surface area contributed by atoms with Crippen LogP contribution in [0.1, 0.15) is 32.6 Å². The first-order chi connectivity index (χ1) is 5.06. The molecule has 0 bridgehead atoms. The van der Waals surface area contributed by atoms with Crippen molar-refractivity contribution in [2.75, 3.05) is 0 Å². The lowest BCUT2D eigenvalue weighted by atomic mass is 10.2. The maximum atomic E-state index is 5.63. The molecule has 0 aromatic rings. The molecule has 0 rings (SSSR count). The Hall–Kier alpha value is 0.827. The molecule has 0 saturated carbocycles. The molecule has 0 aliphatic carbocycles. The zero-order valence-corrected chi connectivity index (χ0v) is 9.88. The van der Waals surface area contributed by atoms with Crippen molar-refractivity contribution in [3.8, 4) is 0 Å². The van der Waals surface area contributed by atoms with Gasteiger partial charge in [0.25, 0.3) is 0 Å². The Morgan fingerprint density at radius 1 is 1.18 bits per heavy atom. The summed E-state index contributed by atoms with van der Waals surface area (Å²) >= 11 is 16.9. The number of allylic oxidation sites excluding steroid dienone is 1. The maximum Gasteiger partial charge on any atom is 0.365 e. The van der Waals surface area contributed by atoms with Gasteiger partial charge in [-0.25, -0.2) is 0 Å². The highest BCUT2D eigenvalue weighted by Gasteiger charge is 2.19. The minimum absolute atomic E-state index is 1.04. The van der Waals surface area contributed by atoms with Crippen LogP contribution >= 0.6 is 33.2 Å². The van der Waals surface area contributed by atoms with Crippen LogP contribution in [0.25, 0.3) is 0 Å². The zero-order valence-electron chi connectivity index (χ0n) is 6.62. The summed E-state index contributed by atoms with van der Waals surface area (Å²) in [5.74, 6) is 0. The maximum absolute atomic E-state index is 5.63. The van der Waals surface area contributed by atoms with Gasteiger partial charge in [0, 0.05) is 0 Å². The minimum atomic E-state index is -2.48. The highest BCUT2D eigenvalue weighted by atomic mass is 35.8. The van der Waals surface area contributed by atoms with Crippen LogP contribution in [-0.4, -0.2) is 6.00 Å². The van der Waals surface area contributed by atoms with Gasteiger partial charge in [-0.15, -0.1) is 33.2 Å². The van der Waals surface area contributed by atoms with E-state index < -0.39 is 6.00 Å². The van der Waals surface area contributed by atoms with Crippen molar-refractivity contribution in [2.24, 2.45) is 0 Å². The second-order valence-corrected chi connectivity index (χ2v) is 11.0. The van der Waals surface area contributed by atoms with Gasteiger partial charge in [-0.05, 0) is 12.8 Å². The van der Waals surface area contributed by atoms with Gasteiger partial charge in [-0.1, -0.05) is 31.5 Å². The molecule has 0 amide bonds. The number of rotatable bonds is 5. The first kappa shape index (κ1) is 11.8. The van der Waals surface area contributed by atoms with Crippen molar-refractivity contribution < 1.29 is 0 Å². The van der Waals surface area contributed by atoms with Gasteiger partial charge in [0.1, 0.15) is 0 Å².